The van der Waals surface area contributed by atoms with Crippen molar-refractivity contribution in [3.05, 3.63) is 58.7 Å². The average molecular weight is 421 g/mol. The summed E-state index contributed by atoms with van der Waals surface area (Å²) in [4.78, 5) is 23.6. The maximum absolute atomic E-state index is 12.1. The highest BCUT2D eigenvalue weighted by Gasteiger charge is 2.11. The molecule has 2 aromatic carbocycles. The molecule has 0 bridgehead atoms. The van der Waals surface area contributed by atoms with Crippen molar-refractivity contribution in [1.29, 1.82) is 0 Å². The van der Waals surface area contributed by atoms with Crippen molar-refractivity contribution in [2.45, 2.75) is 33.8 Å². The Kier molecular flexibility index (Phi) is 8.58. The normalized spacial score (nSPS) is 10.6. The molecule has 1 N–H and O–H groups in total. The molecule has 0 saturated carbocycles. The molecule has 1 amide bonds. The first-order chi connectivity index (χ1) is 14.2. The zero-order valence-corrected chi connectivity index (χ0v) is 17.2. The highest BCUT2D eigenvalue weighted by molar-refractivity contribution is 5.80. The summed E-state index contributed by atoms with van der Waals surface area (Å²) < 4.78 is 38.9. The fraction of sp³-hybridized carbons (Fsp3) is 0.364. The largest absolute Gasteiger partial charge is 0.481 e. The van der Waals surface area contributed by atoms with E-state index in [0.29, 0.717) is 18.7 Å². The van der Waals surface area contributed by atoms with Gasteiger partial charge in [0, 0.05) is 6.54 Å². The van der Waals surface area contributed by atoms with E-state index in [2.05, 4.69) is 10.1 Å². The van der Waals surface area contributed by atoms with Crippen molar-refractivity contribution in [2.24, 2.45) is 0 Å². The molecule has 2 rings (SSSR count). The van der Waals surface area contributed by atoms with Crippen molar-refractivity contribution in [1.82, 2.24) is 5.32 Å². The molecule has 0 spiro atoms. The maximum atomic E-state index is 12.1. The number of esters is 1. The van der Waals surface area contributed by atoms with E-state index in [0.717, 1.165) is 22.3 Å². The number of alkyl halides is 2. The van der Waals surface area contributed by atoms with Gasteiger partial charge in [0.2, 0.25) is 0 Å². The zero-order chi connectivity index (χ0) is 22.1. The average Bonchev–Trinajstić information content (AvgIpc) is 2.66. The van der Waals surface area contributed by atoms with Gasteiger partial charge < -0.3 is 19.5 Å². The molecule has 8 heteroatoms. The topological polar surface area (TPSA) is 73.9 Å². The molecule has 0 aliphatic carbocycles. The van der Waals surface area contributed by atoms with Gasteiger partial charge in [0.1, 0.15) is 11.5 Å². The van der Waals surface area contributed by atoms with Crippen LogP contribution in [0.4, 0.5) is 8.78 Å². The summed E-state index contributed by atoms with van der Waals surface area (Å²) in [6, 6.07) is 10.1. The molecule has 6 nitrogen and oxygen atoms in total. The Morgan fingerprint density at radius 1 is 1.00 bits per heavy atom. The zero-order valence-electron chi connectivity index (χ0n) is 17.2. The first-order valence-corrected chi connectivity index (χ1v) is 9.41. The van der Waals surface area contributed by atoms with Crippen molar-refractivity contribution < 1.29 is 32.6 Å². The first kappa shape index (κ1) is 23.1. The number of nitrogens with one attached hydrogen (secondary N) is 1. The van der Waals surface area contributed by atoms with Crippen LogP contribution in [0.15, 0.2) is 36.4 Å². The first-order valence-electron chi connectivity index (χ1n) is 9.41. The van der Waals surface area contributed by atoms with Crippen molar-refractivity contribution in [3.8, 4) is 11.5 Å². The molecule has 0 fully saturated rings. The van der Waals surface area contributed by atoms with Crippen LogP contribution in [-0.4, -0.2) is 38.2 Å². The molecular weight excluding hydrogens is 396 g/mol. The maximum Gasteiger partial charge on any atom is 0.387 e. The molecule has 30 heavy (non-hydrogen) atoms. The molecule has 0 heterocycles. The van der Waals surface area contributed by atoms with Gasteiger partial charge >= 0.3 is 12.6 Å². The van der Waals surface area contributed by atoms with Crippen LogP contribution in [-0.2, 0) is 20.7 Å². The number of benzene rings is 2. The van der Waals surface area contributed by atoms with Crippen LogP contribution in [0.3, 0.4) is 0 Å². The van der Waals surface area contributed by atoms with E-state index >= 15 is 0 Å². The van der Waals surface area contributed by atoms with Gasteiger partial charge in [-0.05, 0) is 56.0 Å². The number of ether oxygens (including phenoxy) is 3. The minimum Gasteiger partial charge on any atom is -0.481 e. The van der Waals surface area contributed by atoms with Crippen LogP contribution in [0.1, 0.15) is 22.3 Å². The van der Waals surface area contributed by atoms with E-state index < -0.39 is 25.1 Å². The molecule has 162 valence electrons. The van der Waals surface area contributed by atoms with Gasteiger partial charge in [0.15, 0.2) is 13.2 Å². The smallest absolute Gasteiger partial charge is 0.387 e. The van der Waals surface area contributed by atoms with Gasteiger partial charge in [-0.1, -0.05) is 29.8 Å². The van der Waals surface area contributed by atoms with Crippen LogP contribution in [0, 0.1) is 20.8 Å². The highest BCUT2D eigenvalue weighted by Crippen LogP contribution is 2.24. The van der Waals surface area contributed by atoms with Gasteiger partial charge in [0.05, 0.1) is 0 Å². The number of rotatable bonds is 10. The standard InChI is InChI=1S/C22H25F2NO5/c1-14-10-15(2)21(16(3)11-14)29-13-20(27)28-12-19(26)25-9-8-17-4-6-18(7-5-17)30-22(23)24/h4-7,10-11,22H,8-9,12-13H2,1-3H3,(H,25,26). The summed E-state index contributed by atoms with van der Waals surface area (Å²) in [5.74, 6) is -0.377. The number of hydrogen-bond acceptors (Lipinski definition) is 5. The molecule has 0 atom stereocenters. The Balaban J connectivity index is 1.66. The fourth-order valence-electron chi connectivity index (χ4n) is 2.95. The molecule has 0 unspecified atom stereocenters. The number of carbonyl (C=O) groups is 2. The minimum absolute atomic E-state index is 0.0722. The third kappa shape index (κ3) is 7.69. The van der Waals surface area contributed by atoms with Crippen LogP contribution in [0.2, 0.25) is 0 Å². The molecule has 0 radical (unpaired) electrons. The summed E-state index contributed by atoms with van der Waals surface area (Å²) >= 11 is 0. The second-order valence-corrected chi connectivity index (χ2v) is 6.80. The van der Waals surface area contributed by atoms with Crippen molar-refractivity contribution in [2.75, 3.05) is 19.8 Å². The summed E-state index contributed by atoms with van der Waals surface area (Å²) in [6.45, 7) is 2.52. The summed E-state index contributed by atoms with van der Waals surface area (Å²) in [7, 11) is 0. The van der Waals surface area contributed by atoms with Gasteiger partial charge in [-0.3, -0.25) is 4.79 Å². The predicted molar refractivity (Wildman–Crippen MR) is 107 cm³/mol. The number of halogens is 2. The quantitative estimate of drug-likeness (QED) is 0.595. The van der Waals surface area contributed by atoms with Gasteiger partial charge in [-0.15, -0.1) is 0 Å². The lowest BCUT2D eigenvalue weighted by molar-refractivity contribution is -0.150. The molecule has 0 aliphatic rings. The molecular formula is C22H25F2NO5. The molecule has 0 aromatic heterocycles. The van der Waals surface area contributed by atoms with E-state index in [9.17, 15) is 18.4 Å². The monoisotopic (exact) mass is 421 g/mol. The third-order valence-electron chi connectivity index (χ3n) is 4.19. The lowest BCUT2D eigenvalue weighted by Gasteiger charge is -2.13. The van der Waals surface area contributed by atoms with Crippen LogP contribution in [0.5, 0.6) is 11.5 Å². The Morgan fingerprint density at radius 2 is 1.63 bits per heavy atom. The van der Waals surface area contributed by atoms with Crippen LogP contribution >= 0.6 is 0 Å². The van der Waals surface area contributed by atoms with Crippen molar-refractivity contribution in [3.63, 3.8) is 0 Å². The lowest BCUT2D eigenvalue weighted by atomic mass is 10.1. The van der Waals surface area contributed by atoms with Crippen LogP contribution in [0.25, 0.3) is 0 Å². The fourth-order valence-corrected chi connectivity index (χ4v) is 2.95. The number of amides is 1. The van der Waals surface area contributed by atoms with E-state index in [4.69, 9.17) is 9.47 Å². The Bertz CT molecular complexity index is 845. The van der Waals surface area contributed by atoms with Crippen LogP contribution < -0.4 is 14.8 Å². The van der Waals surface area contributed by atoms with E-state index in [1.807, 2.05) is 32.9 Å². The predicted octanol–water partition coefficient (Wildman–Crippen LogP) is 3.49. The SMILES string of the molecule is Cc1cc(C)c(OCC(=O)OCC(=O)NCCc2ccc(OC(F)F)cc2)c(C)c1. The lowest BCUT2D eigenvalue weighted by Crippen LogP contribution is -2.31. The van der Waals surface area contributed by atoms with Gasteiger partial charge in [-0.2, -0.15) is 8.78 Å². The van der Waals surface area contributed by atoms with E-state index in [1.54, 1.807) is 12.1 Å². The number of carbonyl (C=O) groups excluding carboxylic acids is 2. The Morgan fingerprint density at radius 3 is 2.23 bits per heavy atom. The Hall–Kier alpha value is -3.16. The second kappa shape index (κ2) is 11.1. The van der Waals surface area contributed by atoms with Crippen molar-refractivity contribution >= 4 is 11.9 Å². The Labute approximate surface area is 174 Å². The summed E-state index contributed by atoms with van der Waals surface area (Å²) in [5, 5.41) is 2.62. The second-order valence-electron chi connectivity index (χ2n) is 6.80. The van der Waals surface area contributed by atoms with Gasteiger partial charge in [0.25, 0.3) is 5.91 Å². The molecule has 2 aromatic rings. The van der Waals surface area contributed by atoms with Gasteiger partial charge in [-0.25, -0.2) is 4.79 Å². The molecule has 0 aliphatic heterocycles. The number of hydrogen-bond donors (Lipinski definition) is 1. The minimum atomic E-state index is -2.87. The summed E-state index contributed by atoms with van der Waals surface area (Å²) in [6.07, 6.45) is 0.490. The summed E-state index contributed by atoms with van der Waals surface area (Å²) in [5.41, 5.74) is 3.79. The third-order valence-corrected chi connectivity index (χ3v) is 4.19. The highest BCUT2D eigenvalue weighted by atomic mass is 19.3. The molecule has 0 saturated heterocycles. The van der Waals surface area contributed by atoms with E-state index in [-0.39, 0.29) is 12.4 Å². The number of aryl methyl sites for hydroxylation is 3. The van der Waals surface area contributed by atoms with E-state index in [1.165, 1.54) is 12.1 Å².